The van der Waals surface area contributed by atoms with Gasteiger partial charge in [0.15, 0.2) is 0 Å². The van der Waals surface area contributed by atoms with Crippen molar-refractivity contribution in [3.8, 4) is 5.75 Å². The van der Waals surface area contributed by atoms with E-state index in [1.807, 2.05) is 20.8 Å². The minimum absolute atomic E-state index is 0.0175. The molecule has 6 nitrogen and oxygen atoms in total. The van der Waals surface area contributed by atoms with E-state index in [1.54, 1.807) is 29.2 Å². The van der Waals surface area contributed by atoms with Gasteiger partial charge in [0.2, 0.25) is 15.9 Å². The lowest BCUT2D eigenvalue weighted by atomic mass is 9.77. The molecule has 1 aromatic rings. The molecular weight excluding hydrogens is 445 g/mol. The van der Waals surface area contributed by atoms with Crippen molar-refractivity contribution in [2.24, 2.45) is 10.8 Å². The number of ether oxygens (including phenoxy) is 1. The molecule has 3 rings (SSSR count). The number of carbonyl (C=O) groups is 1. The molecule has 1 aromatic carbocycles. The van der Waals surface area contributed by atoms with Gasteiger partial charge in [-0.2, -0.15) is 13.2 Å². The number of alkyl halides is 3. The monoisotopic (exact) mass is 476 g/mol. The molecule has 2 saturated heterocycles. The third kappa shape index (κ3) is 5.95. The smallest absolute Gasteiger partial charge is 0.392 e. The maximum absolute atomic E-state index is 13.2. The summed E-state index contributed by atoms with van der Waals surface area (Å²) in [4.78, 5) is 14.9. The number of anilines is 1. The Morgan fingerprint density at radius 1 is 1.00 bits per heavy atom. The zero-order valence-electron chi connectivity index (χ0n) is 18.7. The van der Waals surface area contributed by atoms with Gasteiger partial charge in [-0.05, 0) is 48.9 Å². The molecule has 0 bridgehead atoms. The van der Waals surface area contributed by atoms with E-state index < -0.39 is 34.6 Å². The molecule has 2 fully saturated rings. The van der Waals surface area contributed by atoms with E-state index in [9.17, 15) is 26.4 Å². The van der Waals surface area contributed by atoms with Gasteiger partial charge in [-0.3, -0.25) is 4.79 Å². The minimum atomic E-state index is -4.27. The van der Waals surface area contributed by atoms with Crippen LogP contribution in [0.2, 0.25) is 0 Å². The summed E-state index contributed by atoms with van der Waals surface area (Å²) >= 11 is 0. The molecule has 0 radical (unpaired) electrons. The SMILES string of the molecule is CC(C)(C)CS(=O)(=O)N1CCC2(CCN(c3ccc(OCCC(F)(F)F)cc3)C2=O)CC1. The van der Waals surface area contributed by atoms with Crippen LogP contribution in [0.25, 0.3) is 0 Å². The van der Waals surface area contributed by atoms with E-state index in [-0.39, 0.29) is 17.1 Å². The first kappa shape index (κ1) is 24.8. The van der Waals surface area contributed by atoms with Crippen LogP contribution in [0.1, 0.15) is 46.5 Å². The number of rotatable bonds is 6. The number of hydrogen-bond acceptors (Lipinski definition) is 4. The number of piperidine rings is 1. The second-order valence-corrected chi connectivity index (χ2v) is 11.9. The lowest BCUT2D eigenvalue weighted by molar-refractivity contribution is -0.139. The Bertz CT molecular complexity index is 916. The number of amides is 1. The lowest BCUT2D eigenvalue weighted by Gasteiger charge is -2.38. The maximum Gasteiger partial charge on any atom is 0.392 e. The van der Waals surface area contributed by atoms with Gasteiger partial charge in [0.1, 0.15) is 5.75 Å². The minimum Gasteiger partial charge on any atom is -0.493 e. The van der Waals surface area contributed by atoms with Crippen molar-refractivity contribution in [1.82, 2.24) is 4.31 Å². The molecular formula is C22H31F3N2O4S. The van der Waals surface area contributed by atoms with Crippen molar-refractivity contribution in [3.63, 3.8) is 0 Å². The molecule has 2 aliphatic heterocycles. The Balaban J connectivity index is 1.59. The summed E-state index contributed by atoms with van der Waals surface area (Å²) < 4.78 is 68.8. The van der Waals surface area contributed by atoms with E-state index in [4.69, 9.17) is 4.74 Å². The van der Waals surface area contributed by atoms with E-state index in [0.717, 1.165) is 0 Å². The molecule has 0 atom stereocenters. The summed E-state index contributed by atoms with van der Waals surface area (Å²) in [5.41, 5.74) is -0.232. The molecule has 32 heavy (non-hydrogen) atoms. The van der Waals surface area contributed by atoms with Crippen LogP contribution < -0.4 is 9.64 Å². The fraction of sp³-hybridized carbons (Fsp3) is 0.682. The molecule has 2 heterocycles. The third-order valence-electron chi connectivity index (χ3n) is 6.00. The van der Waals surface area contributed by atoms with Crippen molar-refractivity contribution < 1.29 is 31.1 Å². The fourth-order valence-corrected chi connectivity index (χ4v) is 6.38. The molecule has 1 amide bonds. The first-order valence-corrected chi connectivity index (χ1v) is 12.4. The zero-order valence-corrected chi connectivity index (χ0v) is 19.6. The molecule has 10 heteroatoms. The summed E-state index contributed by atoms with van der Waals surface area (Å²) in [5, 5.41) is 0. The molecule has 0 aromatic heterocycles. The highest BCUT2D eigenvalue weighted by molar-refractivity contribution is 7.89. The highest BCUT2D eigenvalue weighted by Crippen LogP contribution is 2.44. The third-order valence-corrected chi connectivity index (χ3v) is 8.39. The van der Waals surface area contributed by atoms with Crippen LogP contribution in [0.15, 0.2) is 24.3 Å². The molecule has 0 saturated carbocycles. The number of carbonyl (C=O) groups excluding carboxylic acids is 1. The zero-order chi connectivity index (χ0) is 23.8. The predicted molar refractivity (Wildman–Crippen MR) is 116 cm³/mol. The predicted octanol–water partition coefficient (Wildman–Crippen LogP) is 4.21. The van der Waals surface area contributed by atoms with Crippen molar-refractivity contribution in [3.05, 3.63) is 24.3 Å². The second-order valence-electron chi connectivity index (χ2n) is 9.91. The maximum atomic E-state index is 13.2. The van der Waals surface area contributed by atoms with Crippen LogP contribution in [0, 0.1) is 10.8 Å². The number of halogens is 3. The first-order chi connectivity index (χ1) is 14.7. The quantitative estimate of drug-likeness (QED) is 0.617. The second kappa shape index (κ2) is 8.85. The van der Waals surface area contributed by atoms with Gasteiger partial charge in [0.25, 0.3) is 0 Å². The molecule has 2 aliphatic rings. The van der Waals surface area contributed by atoms with Crippen molar-refractivity contribution in [2.75, 3.05) is 36.9 Å². The fourth-order valence-electron chi connectivity index (χ4n) is 4.37. The lowest BCUT2D eigenvalue weighted by Crippen LogP contribution is -2.48. The number of nitrogens with zero attached hydrogens (tertiary/aromatic N) is 2. The van der Waals surface area contributed by atoms with Crippen LogP contribution in [0.4, 0.5) is 18.9 Å². The van der Waals surface area contributed by atoms with Crippen molar-refractivity contribution >= 4 is 21.6 Å². The number of benzene rings is 1. The normalized spacial score (nSPS) is 20.2. The van der Waals surface area contributed by atoms with Gasteiger partial charge in [0, 0.05) is 25.3 Å². The molecule has 0 unspecified atom stereocenters. The van der Waals surface area contributed by atoms with Gasteiger partial charge in [0.05, 0.1) is 24.2 Å². The molecule has 180 valence electrons. The van der Waals surface area contributed by atoms with Gasteiger partial charge in [-0.15, -0.1) is 0 Å². The summed E-state index contributed by atoms with van der Waals surface area (Å²) in [6.45, 7) is 6.42. The number of sulfonamides is 1. The van der Waals surface area contributed by atoms with Crippen LogP contribution in [0.3, 0.4) is 0 Å². The topological polar surface area (TPSA) is 66.9 Å². The number of hydrogen-bond donors (Lipinski definition) is 0. The Hall–Kier alpha value is -1.81. The van der Waals surface area contributed by atoms with Crippen LogP contribution >= 0.6 is 0 Å². The van der Waals surface area contributed by atoms with Gasteiger partial charge in [-0.1, -0.05) is 20.8 Å². The Labute approximate surface area is 187 Å². The van der Waals surface area contributed by atoms with Crippen LogP contribution in [0.5, 0.6) is 5.75 Å². The van der Waals surface area contributed by atoms with Gasteiger partial charge >= 0.3 is 6.18 Å². The highest BCUT2D eigenvalue weighted by atomic mass is 32.2. The Morgan fingerprint density at radius 2 is 1.56 bits per heavy atom. The van der Waals surface area contributed by atoms with E-state index >= 15 is 0 Å². The largest absolute Gasteiger partial charge is 0.493 e. The highest BCUT2D eigenvalue weighted by Gasteiger charge is 2.49. The first-order valence-electron chi connectivity index (χ1n) is 10.8. The van der Waals surface area contributed by atoms with Gasteiger partial charge in [-0.25, -0.2) is 12.7 Å². The van der Waals surface area contributed by atoms with Gasteiger partial charge < -0.3 is 9.64 Å². The van der Waals surface area contributed by atoms with E-state index in [1.165, 1.54) is 4.31 Å². The Morgan fingerprint density at radius 3 is 2.09 bits per heavy atom. The summed E-state index contributed by atoms with van der Waals surface area (Å²) in [6, 6.07) is 6.46. The molecule has 0 aliphatic carbocycles. The Kier molecular flexibility index (Phi) is 6.87. The summed E-state index contributed by atoms with van der Waals surface area (Å²) in [5.74, 6) is 0.373. The van der Waals surface area contributed by atoms with E-state index in [0.29, 0.717) is 50.3 Å². The summed E-state index contributed by atoms with van der Waals surface area (Å²) in [7, 11) is -3.37. The van der Waals surface area contributed by atoms with Crippen LogP contribution in [-0.2, 0) is 14.8 Å². The summed E-state index contributed by atoms with van der Waals surface area (Å²) in [6.07, 6.45) is -3.65. The van der Waals surface area contributed by atoms with Crippen molar-refractivity contribution in [2.45, 2.75) is 52.6 Å². The molecule has 0 N–H and O–H groups in total. The standard InChI is InChI=1S/C22H31F3N2O4S/c1-20(2,3)16-32(29,30)26-12-8-21(9-13-26)10-14-27(19(21)28)17-4-6-18(7-5-17)31-15-11-22(23,24)25/h4-7H,8-16H2,1-3H3. The average Bonchev–Trinajstić information content (AvgIpc) is 2.96. The van der Waals surface area contributed by atoms with Crippen LogP contribution in [-0.4, -0.2) is 56.8 Å². The van der Waals surface area contributed by atoms with Crippen molar-refractivity contribution in [1.29, 1.82) is 0 Å². The van der Waals surface area contributed by atoms with E-state index in [2.05, 4.69) is 0 Å². The molecule has 1 spiro atoms. The average molecular weight is 477 g/mol.